The molecule has 1 saturated heterocycles. The Labute approximate surface area is 179 Å². The van der Waals surface area contributed by atoms with E-state index in [1.807, 2.05) is 0 Å². The molecule has 0 aromatic heterocycles. The first-order chi connectivity index (χ1) is 14.2. The smallest absolute Gasteiger partial charge is 0.270 e. The van der Waals surface area contributed by atoms with Crippen molar-refractivity contribution in [1.82, 2.24) is 9.80 Å². The van der Waals surface area contributed by atoms with Crippen LogP contribution in [-0.4, -0.2) is 57.6 Å². The van der Waals surface area contributed by atoms with E-state index in [1.165, 1.54) is 34.1 Å². The highest BCUT2D eigenvalue weighted by molar-refractivity contribution is 6.34. The highest BCUT2D eigenvalue weighted by Crippen LogP contribution is 2.26. The second kappa shape index (κ2) is 8.64. The zero-order valence-corrected chi connectivity index (χ0v) is 16.8. The first-order valence-corrected chi connectivity index (χ1v) is 9.41. The fourth-order valence-electron chi connectivity index (χ4n) is 3.04. The average Bonchev–Trinajstić information content (AvgIpc) is 2.72. The molecule has 1 aliphatic rings. The van der Waals surface area contributed by atoms with Crippen LogP contribution >= 0.6 is 23.2 Å². The third-order valence-corrected chi connectivity index (χ3v) is 5.27. The van der Waals surface area contributed by atoms with Crippen molar-refractivity contribution in [2.24, 2.45) is 0 Å². The van der Waals surface area contributed by atoms with Crippen LogP contribution in [-0.2, 0) is 0 Å². The van der Waals surface area contributed by atoms with Gasteiger partial charge >= 0.3 is 0 Å². The van der Waals surface area contributed by atoms with Crippen molar-refractivity contribution in [3.05, 3.63) is 77.8 Å². The molecule has 10 nitrogen and oxygen atoms in total. The summed E-state index contributed by atoms with van der Waals surface area (Å²) in [5.74, 6) is -0.786. The number of carbonyl (C=O) groups is 2. The molecule has 1 aliphatic heterocycles. The number of hydrogen-bond acceptors (Lipinski definition) is 6. The quantitative estimate of drug-likeness (QED) is 0.516. The fraction of sp³-hybridized carbons (Fsp3) is 0.222. The monoisotopic (exact) mass is 452 g/mol. The number of amides is 2. The van der Waals surface area contributed by atoms with Gasteiger partial charge in [0.25, 0.3) is 23.2 Å². The highest BCUT2D eigenvalue weighted by atomic mass is 35.5. The van der Waals surface area contributed by atoms with Gasteiger partial charge in [-0.1, -0.05) is 23.2 Å². The van der Waals surface area contributed by atoms with Crippen LogP contribution in [0.2, 0.25) is 10.0 Å². The first kappa shape index (κ1) is 21.5. The van der Waals surface area contributed by atoms with Gasteiger partial charge in [-0.15, -0.1) is 0 Å². The lowest BCUT2D eigenvalue weighted by atomic mass is 10.1. The number of nitro groups is 2. The standard InChI is InChI=1S/C18H14Cl2N4O6/c19-15-9-11(23(27)28)1-3-13(15)17(25)21-5-7-22(8-6-21)18(26)14-4-2-12(24(29)30)10-16(14)20/h1-4,9-10H,5-8H2. The van der Waals surface area contributed by atoms with Gasteiger partial charge in [-0.05, 0) is 12.1 Å². The number of carbonyl (C=O) groups excluding carboxylic acids is 2. The molecule has 0 aliphatic carbocycles. The maximum atomic E-state index is 12.7. The highest BCUT2D eigenvalue weighted by Gasteiger charge is 2.28. The second-order valence-corrected chi connectivity index (χ2v) is 7.24. The Hall–Kier alpha value is -3.24. The van der Waals surface area contributed by atoms with Gasteiger partial charge in [0.1, 0.15) is 0 Å². The minimum Gasteiger partial charge on any atom is -0.335 e. The molecule has 0 radical (unpaired) electrons. The van der Waals surface area contributed by atoms with E-state index in [9.17, 15) is 29.8 Å². The van der Waals surface area contributed by atoms with E-state index in [4.69, 9.17) is 23.2 Å². The molecule has 0 atom stereocenters. The van der Waals surface area contributed by atoms with E-state index >= 15 is 0 Å². The van der Waals surface area contributed by atoms with Crippen LogP contribution in [0.4, 0.5) is 11.4 Å². The summed E-state index contributed by atoms with van der Waals surface area (Å²) in [6.07, 6.45) is 0. The number of non-ortho nitro benzene ring substituents is 2. The van der Waals surface area contributed by atoms with Crippen LogP contribution in [0.5, 0.6) is 0 Å². The lowest BCUT2D eigenvalue weighted by Crippen LogP contribution is -2.50. The van der Waals surface area contributed by atoms with Gasteiger partial charge in [-0.2, -0.15) is 0 Å². The predicted octanol–water partition coefficient (Wildman–Crippen LogP) is 3.41. The SMILES string of the molecule is O=C(c1ccc([N+](=O)[O-])cc1Cl)N1CCN(C(=O)c2ccc([N+](=O)[O-])cc2Cl)CC1. The summed E-state index contributed by atoms with van der Waals surface area (Å²) in [6.45, 7) is 0.899. The van der Waals surface area contributed by atoms with Crippen molar-refractivity contribution in [3.8, 4) is 0 Å². The van der Waals surface area contributed by atoms with E-state index in [0.717, 1.165) is 12.1 Å². The molecule has 1 heterocycles. The van der Waals surface area contributed by atoms with Crippen LogP contribution in [0.1, 0.15) is 20.7 Å². The molecule has 0 saturated carbocycles. The molecule has 0 spiro atoms. The van der Waals surface area contributed by atoms with Gasteiger partial charge < -0.3 is 9.80 Å². The molecule has 0 unspecified atom stereocenters. The molecule has 30 heavy (non-hydrogen) atoms. The minimum atomic E-state index is -0.603. The Balaban J connectivity index is 1.67. The number of hydrogen-bond donors (Lipinski definition) is 0. The Morgan fingerprint density at radius 1 is 0.733 bits per heavy atom. The topological polar surface area (TPSA) is 127 Å². The second-order valence-electron chi connectivity index (χ2n) is 6.43. The fourth-order valence-corrected chi connectivity index (χ4v) is 3.55. The molecule has 2 aromatic rings. The van der Waals surface area contributed by atoms with E-state index in [0.29, 0.717) is 0 Å². The Morgan fingerprint density at radius 2 is 1.07 bits per heavy atom. The van der Waals surface area contributed by atoms with Gasteiger partial charge in [0.05, 0.1) is 31.0 Å². The van der Waals surface area contributed by atoms with Crippen molar-refractivity contribution >= 4 is 46.4 Å². The van der Waals surface area contributed by atoms with Crippen LogP contribution in [0.25, 0.3) is 0 Å². The van der Waals surface area contributed by atoms with Crippen molar-refractivity contribution < 1.29 is 19.4 Å². The zero-order valence-electron chi connectivity index (χ0n) is 15.3. The van der Waals surface area contributed by atoms with Crippen LogP contribution in [0, 0.1) is 20.2 Å². The summed E-state index contributed by atoms with van der Waals surface area (Å²) < 4.78 is 0. The molecule has 0 bridgehead atoms. The van der Waals surface area contributed by atoms with Gasteiger partial charge in [-0.3, -0.25) is 29.8 Å². The van der Waals surface area contributed by atoms with E-state index in [1.54, 1.807) is 0 Å². The van der Waals surface area contributed by atoms with Crippen molar-refractivity contribution in [2.75, 3.05) is 26.2 Å². The minimum absolute atomic E-state index is 0.0228. The number of nitrogens with zero attached hydrogens (tertiary/aromatic N) is 4. The first-order valence-electron chi connectivity index (χ1n) is 8.65. The molecule has 12 heteroatoms. The van der Waals surface area contributed by atoms with Crippen LogP contribution in [0.15, 0.2) is 36.4 Å². The Kier molecular flexibility index (Phi) is 6.18. The van der Waals surface area contributed by atoms with Gasteiger partial charge in [0.15, 0.2) is 0 Å². The Bertz CT molecular complexity index is 969. The lowest BCUT2D eigenvalue weighted by Gasteiger charge is -2.35. The number of halogens is 2. The van der Waals surface area contributed by atoms with Crippen LogP contribution in [0.3, 0.4) is 0 Å². The van der Waals surface area contributed by atoms with Gasteiger partial charge in [-0.25, -0.2) is 0 Å². The van der Waals surface area contributed by atoms with Gasteiger partial charge in [0, 0.05) is 50.4 Å². The summed E-state index contributed by atoms with van der Waals surface area (Å²) in [5.41, 5.74) is -0.153. The third-order valence-electron chi connectivity index (χ3n) is 4.64. The molecule has 1 fully saturated rings. The summed E-state index contributed by atoms with van der Waals surface area (Å²) in [7, 11) is 0. The maximum absolute atomic E-state index is 12.7. The molecule has 0 N–H and O–H groups in total. The number of piperazine rings is 1. The van der Waals surface area contributed by atoms with Crippen molar-refractivity contribution in [1.29, 1.82) is 0 Å². The molecule has 2 aromatic carbocycles. The summed E-state index contributed by atoms with van der Waals surface area (Å²) in [6, 6.07) is 7.25. The molecular weight excluding hydrogens is 439 g/mol. The summed E-state index contributed by atoms with van der Waals surface area (Å²) in [4.78, 5) is 48.8. The van der Waals surface area contributed by atoms with E-state index < -0.39 is 21.7 Å². The molecule has 2 amide bonds. The summed E-state index contributed by atoms with van der Waals surface area (Å²) in [5, 5.41) is 21.6. The molecule has 3 rings (SSSR count). The van der Waals surface area contributed by atoms with Crippen molar-refractivity contribution in [2.45, 2.75) is 0 Å². The Morgan fingerprint density at radius 3 is 1.33 bits per heavy atom. The zero-order chi connectivity index (χ0) is 22.0. The van der Waals surface area contributed by atoms with Gasteiger partial charge in [0.2, 0.25) is 0 Å². The third kappa shape index (κ3) is 4.34. The molecule has 156 valence electrons. The number of rotatable bonds is 4. The number of nitro benzene ring substituents is 2. The summed E-state index contributed by atoms with van der Waals surface area (Å²) >= 11 is 12.0. The number of benzene rings is 2. The maximum Gasteiger partial charge on any atom is 0.270 e. The normalized spacial score (nSPS) is 13.8. The predicted molar refractivity (Wildman–Crippen MR) is 108 cm³/mol. The largest absolute Gasteiger partial charge is 0.335 e. The molecular formula is C18H14Cl2N4O6. The van der Waals surface area contributed by atoms with Crippen LogP contribution < -0.4 is 0 Å². The average molecular weight is 453 g/mol. The van der Waals surface area contributed by atoms with E-state index in [-0.39, 0.29) is 58.7 Å². The van der Waals surface area contributed by atoms with Crippen molar-refractivity contribution in [3.63, 3.8) is 0 Å². The lowest BCUT2D eigenvalue weighted by molar-refractivity contribution is -0.385. The van der Waals surface area contributed by atoms with E-state index in [2.05, 4.69) is 0 Å².